The van der Waals surface area contributed by atoms with Crippen LogP contribution in [-0.4, -0.2) is 16.7 Å². The molecule has 2 aromatic rings. The minimum absolute atomic E-state index is 0.0973. The van der Waals surface area contributed by atoms with Gasteiger partial charge in [-0.2, -0.15) is 0 Å². The van der Waals surface area contributed by atoms with Gasteiger partial charge in [0.1, 0.15) is 22.7 Å². The van der Waals surface area contributed by atoms with E-state index in [0.29, 0.717) is 11.3 Å². The average molecular weight is 324 g/mol. The van der Waals surface area contributed by atoms with Crippen LogP contribution in [0.15, 0.2) is 60.2 Å². The SMILES string of the molecule is CC(C)(C)OC(=O)C1=C(O)c2ccccc2OC1c1ccccc1. The Morgan fingerprint density at radius 1 is 1.04 bits per heavy atom. The molecule has 0 fully saturated rings. The number of ether oxygens (including phenoxy) is 2. The summed E-state index contributed by atoms with van der Waals surface area (Å²) in [6, 6.07) is 16.4. The van der Waals surface area contributed by atoms with Gasteiger partial charge in [0.25, 0.3) is 0 Å². The third-order valence-electron chi connectivity index (χ3n) is 3.63. The molecule has 1 atom stereocenters. The molecular formula is C20H20O4. The van der Waals surface area contributed by atoms with E-state index in [1.54, 1.807) is 39.0 Å². The lowest BCUT2D eigenvalue weighted by atomic mass is 9.94. The maximum atomic E-state index is 12.7. The molecule has 4 nitrogen and oxygen atoms in total. The van der Waals surface area contributed by atoms with E-state index in [0.717, 1.165) is 5.56 Å². The summed E-state index contributed by atoms with van der Waals surface area (Å²) in [5.74, 6) is -0.139. The Kier molecular flexibility index (Phi) is 4.06. The van der Waals surface area contributed by atoms with Crippen molar-refractivity contribution in [1.29, 1.82) is 0 Å². The van der Waals surface area contributed by atoms with Gasteiger partial charge in [0, 0.05) is 0 Å². The van der Waals surface area contributed by atoms with E-state index < -0.39 is 17.7 Å². The number of benzene rings is 2. The van der Waals surface area contributed by atoms with E-state index in [1.807, 2.05) is 36.4 Å². The predicted octanol–water partition coefficient (Wildman–Crippen LogP) is 4.43. The molecule has 0 aliphatic carbocycles. The van der Waals surface area contributed by atoms with E-state index >= 15 is 0 Å². The van der Waals surface area contributed by atoms with Crippen molar-refractivity contribution in [1.82, 2.24) is 0 Å². The number of aliphatic hydroxyl groups is 1. The van der Waals surface area contributed by atoms with Crippen LogP contribution in [0.3, 0.4) is 0 Å². The van der Waals surface area contributed by atoms with Gasteiger partial charge in [0.15, 0.2) is 6.10 Å². The Hall–Kier alpha value is -2.75. The van der Waals surface area contributed by atoms with Crippen molar-refractivity contribution in [2.75, 3.05) is 0 Å². The van der Waals surface area contributed by atoms with Gasteiger partial charge in [-0.25, -0.2) is 4.79 Å². The summed E-state index contributed by atoms with van der Waals surface area (Å²) in [5.41, 5.74) is 0.725. The number of para-hydroxylation sites is 1. The lowest BCUT2D eigenvalue weighted by Crippen LogP contribution is -2.30. The molecule has 1 heterocycles. The lowest BCUT2D eigenvalue weighted by Gasteiger charge is -2.30. The highest BCUT2D eigenvalue weighted by atomic mass is 16.6. The Bertz CT molecular complexity index is 785. The molecule has 0 saturated carbocycles. The molecule has 3 rings (SSSR count). The molecule has 1 unspecified atom stereocenters. The number of carbonyl (C=O) groups excluding carboxylic acids is 1. The molecule has 2 aromatic carbocycles. The number of hydrogen-bond donors (Lipinski definition) is 1. The van der Waals surface area contributed by atoms with Gasteiger partial charge in [-0.1, -0.05) is 42.5 Å². The highest BCUT2D eigenvalue weighted by molar-refractivity contribution is 5.99. The van der Waals surface area contributed by atoms with Crippen LogP contribution >= 0.6 is 0 Å². The van der Waals surface area contributed by atoms with E-state index in [-0.39, 0.29) is 11.3 Å². The zero-order valence-electron chi connectivity index (χ0n) is 13.9. The summed E-state index contributed by atoms with van der Waals surface area (Å²) in [7, 11) is 0. The van der Waals surface area contributed by atoms with Gasteiger partial charge >= 0.3 is 5.97 Å². The van der Waals surface area contributed by atoms with Gasteiger partial charge in [-0.15, -0.1) is 0 Å². The van der Waals surface area contributed by atoms with Crippen LogP contribution in [-0.2, 0) is 9.53 Å². The number of fused-ring (bicyclic) bond motifs is 1. The summed E-state index contributed by atoms with van der Waals surface area (Å²) >= 11 is 0. The molecule has 1 aliphatic rings. The second kappa shape index (κ2) is 6.04. The number of hydrogen-bond acceptors (Lipinski definition) is 4. The molecule has 0 amide bonds. The second-order valence-electron chi connectivity index (χ2n) is 6.67. The fraction of sp³-hybridized carbons (Fsp3) is 0.250. The quantitative estimate of drug-likeness (QED) is 0.830. The number of aliphatic hydroxyl groups excluding tert-OH is 1. The lowest BCUT2D eigenvalue weighted by molar-refractivity contribution is -0.151. The molecule has 124 valence electrons. The Morgan fingerprint density at radius 2 is 1.67 bits per heavy atom. The Morgan fingerprint density at radius 3 is 2.33 bits per heavy atom. The molecule has 4 heteroatoms. The fourth-order valence-electron chi connectivity index (χ4n) is 2.62. The van der Waals surface area contributed by atoms with Crippen LogP contribution in [0.5, 0.6) is 5.75 Å². The molecule has 0 bridgehead atoms. The van der Waals surface area contributed by atoms with Gasteiger partial charge in [0.2, 0.25) is 0 Å². The first-order valence-corrected chi connectivity index (χ1v) is 7.84. The van der Waals surface area contributed by atoms with E-state index in [1.165, 1.54) is 0 Å². The summed E-state index contributed by atoms with van der Waals surface area (Å²) in [5, 5.41) is 10.7. The molecule has 1 N–H and O–H groups in total. The summed E-state index contributed by atoms with van der Waals surface area (Å²) in [6.45, 7) is 5.37. The summed E-state index contributed by atoms with van der Waals surface area (Å²) in [4.78, 5) is 12.7. The van der Waals surface area contributed by atoms with Crippen LogP contribution in [0.1, 0.15) is 38.0 Å². The van der Waals surface area contributed by atoms with Gasteiger partial charge in [0.05, 0.1) is 5.56 Å². The van der Waals surface area contributed by atoms with Crippen molar-refractivity contribution in [3.05, 3.63) is 71.3 Å². The number of esters is 1. The highest BCUT2D eigenvalue weighted by Gasteiger charge is 2.36. The Balaban J connectivity index is 2.12. The predicted molar refractivity (Wildman–Crippen MR) is 91.6 cm³/mol. The summed E-state index contributed by atoms with van der Waals surface area (Å²) < 4.78 is 11.5. The van der Waals surface area contributed by atoms with Gasteiger partial charge < -0.3 is 14.6 Å². The first-order chi connectivity index (χ1) is 11.4. The fourth-order valence-corrected chi connectivity index (χ4v) is 2.62. The molecule has 0 radical (unpaired) electrons. The maximum Gasteiger partial charge on any atom is 0.342 e. The topological polar surface area (TPSA) is 55.8 Å². The van der Waals surface area contributed by atoms with Crippen molar-refractivity contribution in [3.8, 4) is 5.75 Å². The minimum Gasteiger partial charge on any atom is -0.506 e. The third-order valence-corrected chi connectivity index (χ3v) is 3.63. The molecule has 1 aliphatic heterocycles. The van der Waals surface area contributed by atoms with Crippen molar-refractivity contribution >= 4 is 11.7 Å². The van der Waals surface area contributed by atoms with E-state index in [2.05, 4.69) is 0 Å². The van der Waals surface area contributed by atoms with Crippen molar-refractivity contribution in [3.63, 3.8) is 0 Å². The summed E-state index contributed by atoms with van der Waals surface area (Å²) in [6.07, 6.45) is -0.712. The molecular weight excluding hydrogens is 304 g/mol. The number of rotatable bonds is 2. The van der Waals surface area contributed by atoms with E-state index in [9.17, 15) is 9.90 Å². The zero-order valence-corrected chi connectivity index (χ0v) is 13.9. The molecule has 0 spiro atoms. The smallest absolute Gasteiger partial charge is 0.342 e. The standard InChI is InChI=1S/C20H20O4/c1-20(2,3)24-19(22)16-17(21)14-11-7-8-12-15(14)23-18(16)13-9-5-4-6-10-13/h4-12,18,21H,1-3H3. The molecule has 0 aromatic heterocycles. The average Bonchev–Trinajstić information content (AvgIpc) is 2.54. The maximum absolute atomic E-state index is 12.7. The second-order valence-corrected chi connectivity index (χ2v) is 6.67. The highest BCUT2D eigenvalue weighted by Crippen LogP contribution is 2.41. The van der Waals surface area contributed by atoms with Crippen LogP contribution in [0.4, 0.5) is 0 Å². The van der Waals surface area contributed by atoms with Gasteiger partial charge in [-0.3, -0.25) is 0 Å². The van der Waals surface area contributed by atoms with Crippen molar-refractivity contribution in [2.24, 2.45) is 0 Å². The monoisotopic (exact) mass is 324 g/mol. The van der Waals surface area contributed by atoms with Crippen LogP contribution in [0, 0.1) is 0 Å². The van der Waals surface area contributed by atoms with Crippen molar-refractivity contribution < 1.29 is 19.4 Å². The van der Waals surface area contributed by atoms with Crippen LogP contribution < -0.4 is 4.74 Å². The normalized spacial score (nSPS) is 17.0. The first-order valence-electron chi connectivity index (χ1n) is 7.84. The third kappa shape index (κ3) is 3.13. The van der Waals surface area contributed by atoms with Crippen molar-refractivity contribution in [2.45, 2.75) is 32.5 Å². The zero-order chi connectivity index (χ0) is 17.3. The first kappa shape index (κ1) is 16.1. The molecule has 0 saturated heterocycles. The van der Waals surface area contributed by atoms with Crippen LogP contribution in [0.25, 0.3) is 5.76 Å². The van der Waals surface area contributed by atoms with Gasteiger partial charge in [-0.05, 0) is 38.5 Å². The minimum atomic E-state index is -0.712. The number of carbonyl (C=O) groups is 1. The van der Waals surface area contributed by atoms with E-state index in [4.69, 9.17) is 9.47 Å². The molecule has 24 heavy (non-hydrogen) atoms. The van der Waals surface area contributed by atoms with Crippen LogP contribution in [0.2, 0.25) is 0 Å². The Labute approximate surface area is 141 Å². The largest absolute Gasteiger partial charge is 0.506 e.